The smallest absolute Gasteiger partial charge is 0.321 e. The van der Waals surface area contributed by atoms with Crippen molar-refractivity contribution in [1.29, 1.82) is 5.26 Å². The number of nitrogens with two attached hydrogens (primary N) is 1. The fourth-order valence-electron chi connectivity index (χ4n) is 1.42. The summed E-state index contributed by atoms with van der Waals surface area (Å²) in [4.78, 5) is 24.0. The van der Waals surface area contributed by atoms with Gasteiger partial charge in [0.15, 0.2) is 0 Å². The van der Waals surface area contributed by atoms with E-state index in [1.54, 1.807) is 24.3 Å². The average Bonchev–Trinajstić information content (AvgIpc) is 2.45. The average molecular weight is 293 g/mol. The Morgan fingerprint density at radius 1 is 1.40 bits per heavy atom. The van der Waals surface area contributed by atoms with Crippen LogP contribution in [0, 0.1) is 11.3 Å². The van der Waals surface area contributed by atoms with Crippen molar-refractivity contribution in [3.05, 3.63) is 30.3 Å². The predicted octanol–water partition coefficient (Wildman–Crippen LogP) is 0.688. The van der Waals surface area contributed by atoms with Crippen molar-refractivity contribution in [2.75, 3.05) is 23.0 Å². The highest BCUT2D eigenvalue weighted by molar-refractivity contribution is 8.00. The number of carbonyl (C=O) groups excluding carboxylic acids is 1. The molecule has 1 atom stereocenters. The van der Waals surface area contributed by atoms with Crippen molar-refractivity contribution >= 4 is 29.3 Å². The summed E-state index contributed by atoms with van der Waals surface area (Å²) in [5, 5.41) is 17.4. The minimum atomic E-state index is -1.10. The molecule has 20 heavy (non-hydrogen) atoms. The van der Waals surface area contributed by atoms with Gasteiger partial charge in [-0.1, -0.05) is 18.2 Å². The maximum Gasteiger partial charge on any atom is 0.321 e. The van der Waals surface area contributed by atoms with E-state index in [2.05, 4.69) is 0 Å². The van der Waals surface area contributed by atoms with Gasteiger partial charge in [-0.3, -0.25) is 14.5 Å². The molecule has 1 aromatic rings. The molecule has 106 valence electrons. The molecule has 1 amide bonds. The fourth-order valence-corrected chi connectivity index (χ4v) is 2.27. The number of carboxylic acid groups (broad SMARTS) is 1. The van der Waals surface area contributed by atoms with Gasteiger partial charge in [-0.15, -0.1) is 11.8 Å². The van der Waals surface area contributed by atoms with Gasteiger partial charge in [0.1, 0.15) is 12.6 Å². The quantitative estimate of drug-likeness (QED) is 0.716. The van der Waals surface area contributed by atoms with Gasteiger partial charge < -0.3 is 10.8 Å². The summed E-state index contributed by atoms with van der Waals surface area (Å²) in [5.74, 6) is -1.12. The number of thioether (sulfide) groups is 1. The molecule has 0 heterocycles. The maximum absolute atomic E-state index is 12.1. The lowest BCUT2D eigenvalue weighted by atomic mass is 10.3. The van der Waals surface area contributed by atoms with E-state index in [0.29, 0.717) is 5.69 Å². The Bertz CT molecular complexity index is 501. The predicted molar refractivity (Wildman–Crippen MR) is 77.3 cm³/mol. The summed E-state index contributed by atoms with van der Waals surface area (Å²) < 4.78 is 0. The molecular formula is C13H15N3O3S. The lowest BCUT2D eigenvalue weighted by Crippen LogP contribution is -2.35. The molecule has 1 aromatic carbocycles. The number of hydrogen-bond donors (Lipinski definition) is 2. The molecule has 6 nitrogen and oxygen atoms in total. The van der Waals surface area contributed by atoms with Gasteiger partial charge in [-0.25, -0.2) is 0 Å². The second kappa shape index (κ2) is 8.19. The number of carbonyl (C=O) groups is 2. The second-order valence-corrected chi connectivity index (χ2v) is 4.96. The lowest BCUT2D eigenvalue weighted by molar-refractivity contribution is -0.137. The first kappa shape index (κ1) is 16.0. The van der Waals surface area contributed by atoms with Crippen molar-refractivity contribution < 1.29 is 14.7 Å². The Labute approximate surface area is 121 Å². The van der Waals surface area contributed by atoms with Crippen LogP contribution < -0.4 is 10.6 Å². The topological polar surface area (TPSA) is 107 Å². The van der Waals surface area contributed by atoms with Crippen LogP contribution in [0.3, 0.4) is 0 Å². The summed E-state index contributed by atoms with van der Waals surface area (Å²) in [7, 11) is 0. The van der Waals surface area contributed by atoms with E-state index in [4.69, 9.17) is 16.1 Å². The van der Waals surface area contributed by atoms with E-state index in [0.717, 1.165) is 11.8 Å². The molecule has 3 N–H and O–H groups in total. The van der Waals surface area contributed by atoms with E-state index in [-0.39, 0.29) is 24.0 Å². The van der Waals surface area contributed by atoms with Crippen LogP contribution >= 0.6 is 11.8 Å². The van der Waals surface area contributed by atoms with E-state index in [9.17, 15) is 9.59 Å². The molecule has 1 rings (SSSR count). The number of para-hydroxylation sites is 1. The van der Waals surface area contributed by atoms with Crippen LogP contribution in [0.15, 0.2) is 30.3 Å². The Morgan fingerprint density at radius 2 is 2.05 bits per heavy atom. The van der Waals surface area contributed by atoms with E-state index < -0.39 is 12.0 Å². The molecule has 0 aliphatic rings. The zero-order valence-corrected chi connectivity index (χ0v) is 11.5. The van der Waals surface area contributed by atoms with Crippen molar-refractivity contribution in [2.24, 2.45) is 5.73 Å². The van der Waals surface area contributed by atoms with Crippen molar-refractivity contribution in [3.63, 3.8) is 0 Å². The molecule has 0 saturated carbocycles. The minimum absolute atomic E-state index is 0.0472. The summed E-state index contributed by atoms with van der Waals surface area (Å²) in [6, 6.07) is 9.80. The Hall–Kier alpha value is -2.04. The number of anilines is 1. The number of benzene rings is 1. The zero-order valence-electron chi connectivity index (χ0n) is 10.7. The Balaban J connectivity index is 2.58. The SMILES string of the molecule is N#CCN(C(=O)CSCC(N)C(=O)O)c1ccccc1. The number of rotatable bonds is 7. The standard InChI is InChI=1S/C13H15N3O3S/c14-6-7-16(10-4-2-1-3-5-10)12(17)9-20-8-11(15)13(18)19/h1-5,11H,7-9,15H2,(H,18,19). The van der Waals surface area contributed by atoms with Gasteiger partial charge in [-0.2, -0.15) is 5.26 Å². The summed E-state index contributed by atoms with van der Waals surface area (Å²) >= 11 is 1.14. The van der Waals surface area contributed by atoms with Gasteiger partial charge in [0, 0.05) is 11.4 Å². The number of nitriles is 1. The third kappa shape index (κ3) is 4.91. The van der Waals surface area contributed by atoms with Crippen LogP contribution in [0.5, 0.6) is 0 Å². The van der Waals surface area contributed by atoms with Crippen LogP contribution in [0.2, 0.25) is 0 Å². The maximum atomic E-state index is 12.1. The van der Waals surface area contributed by atoms with Gasteiger partial charge in [0.25, 0.3) is 0 Å². The molecule has 0 aliphatic carbocycles. The van der Waals surface area contributed by atoms with Crippen LogP contribution in [0.1, 0.15) is 0 Å². The molecule has 0 radical (unpaired) electrons. The lowest BCUT2D eigenvalue weighted by Gasteiger charge is -2.19. The Morgan fingerprint density at radius 3 is 2.60 bits per heavy atom. The van der Waals surface area contributed by atoms with Crippen LogP contribution in [0.4, 0.5) is 5.69 Å². The molecule has 0 aliphatic heterocycles. The number of hydrogen-bond acceptors (Lipinski definition) is 5. The van der Waals surface area contributed by atoms with E-state index >= 15 is 0 Å². The Kier molecular flexibility index (Phi) is 6.56. The van der Waals surface area contributed by atoms with Crippen molar-refractivity contribution in [3.8, 4) is 6.07 Å². The van der Waals surface area contributed by atoms with Crippen molar-refractivity contribution in [1.82, 2.24) is 0 Å². The molecule has 1 unspecified atom stereocenters. The summed E-state index contributed by atoms with van der Waals surface area (Å²) in [5.41, 5.74) is 5.99. The third-order valence-corrected chi connectivity index (χ3v) is 3.48. The first-order valence-electron chi connectivity index (χ1n) is 5.84. The normalized spacial score (nSPS) is 11.4. The van der Waals surface area contributed by atoms with Gasteiger partial charge in [-0.05, 0) is 12.1 Å². The van der Waals surface area contributed by atoms with Crippen LogP contribution in [0.25, 0.3) is 0 Å². The number of aliphatic carboxylic acids is 1. The number of carboxylic acids is 1. The van der Waals surface area contributed by atoms with E-state index in [1.165, 1.54) is 4.90 Å². The van der Waals surface area contributed by atoms with Gasteiger partial charge >= 0.3 is 5.97 Å². The third-order valence-electron chi connectivity index (χ3n) is 2.44. The zero-order chi connectivity index (χ0) is 15.0. The van der Waals surface area contributed by atoms with Gasteiger partial charge in [0.05, 0.1) is 11.8 Å². The van der Waals surface area contributed by atoms with E-state index in [1.807, 2.05) is 12.1 Å². The second-order valence-electron chi connectivity index (χ2n) is 3.93. The van der Waals surface area contributed by atoms with Crippen LogP contribution in [-0.2, 0) is 9.59 Å². The highest BCUT2D eigenvalue weighted by atomic mass is 32.2. The molecule has 0 saturated heterocycles. The summed E-state index contributed by atoms with van der Waals surface area (Å²) in [6.45, 7) is -0.0472. The fraction of sp³-hybridized carbons (Fsp3) is 0.308. The largest absolute Gasteiger partial charge is 0.480 e. The van der Waals surface area contributed by atoms with Crippen molar-refractivity contribution in [2.45, 2.75) is 6.04 Å². The minimum Gasteiger partial charge on any atom is -0.480 e. The molecule has 0 aromatic heterocycles. The molecule has 0 fully saturated rings. The highest BCUT2D eigenvalue weighted by Crippen LogP contribution is 2.15. The molecule has 0 bridgehead atoms. The number of amides is 1. The van der Waals surface area contributed by atoms with Gasteiger partial charge in [0.2, 0.25) is 5.91 Å². The molecule has 7 heteroatoms. The monoisotopic (exact) mass is 293 g/mol. The molecule has 0 spiro atoms. The highest BCUT2D eigenvalue weighted by Gasteiger charge is 2.17. The first-order chi connectivity index (χ1) is 9.56. The number of nitrogens with zero attached hydrogens (tertiary/aromatic N) is 2. The summed E-state index contributed by atoms with van der Waals surface area (Å²) in [6.07, 6.45) is 0. The van der Waals surface area contributed by atoms with Crippen LogP contribution in [-0.4, -0.2) is 41.1 Å². The molecular weight excluding hydrogens is 278 g/mol. The first-order valence-corrected chi connectivity index (χ1v) is 7.00.